The molecule has 0 spiro atoms. The van der Waals surface area contributed by atoms with Gasteiger partial charge in [-0.1, -0.05) is 6.42 Å². The van der Waals surface area contributed by atoms with Gasteiger partial charge in [-0.15, -0.1) is 0 Å². The van der Waals surface area contributed by atoms with Gasteiger partial charge in [-0.05, 0) is 33.6 Å². The lowest BCUT2D eigenvalue weighted by atomic mass is 9.69. The van der Waals surface area contributed by atoms with Crippen LogP contribution in [0.5, 0.6) is 0 Å². The normalized spacial score (nSPS) is 16.7. The van der Waals surface area contributed by atoms with Crippen LogP contribution in [-0.4, -0.2) is 39.5 Å². The molecule has 2 aromatic heterocycles. The van der Waals surface area contributed by atoms with Gasteiger partial charge in [-0.25, -0.2) is 9.97 Å². The van der Waals surface area contributed by atoms with Crippen LogP contribution in [0.1, 0.15) is 37.7 Å². The van der Waals surface area contributed by atoms with Crippen LogP contribution >= 0.6 is 0 Å². The fourth-order valence-electron chi connectivity index (χ4n) is 3.21. The second-order valence-electron chi connectivity index (χ2n) is 6.37. The third kappa shape index (κ3) is 2.67. The minimum atomic E-state index is 0.261. The highest BCUT2D eigenvalue weighted by Crippen LogP contribution is 2.41. The van der Waals surface area contributed by atoms with Crippen molar-refractivity contribution in [3.63, 3.8) is 0 Å². The number of nitrogens with zero attached hydrogens (tertiary/aromatic N) is 4. The van der Waals surface area contributed by atoms with E-state index in [-0.39, 0.29) is 5.41 Å². The van der Waals surface area contributed by atoms with E-state index in [9.17, 15) is 0 Å². The van der Waals surface area contributed by atoms with Crippen LogP contribution < -0.4 is 5.32 Å². The lowest BCUT2D eigenvalue weighted by Crippen LogP contribution is -2.41. The highest BCUT2D eigenvalue weighted by atomic mass is 16.5. The van der Waals surface area contributed by atoms with E-state index in [1.165, 1.54) is 19.3 Å². The molecule has 0 saturated heterocycles. The fourth-order valence-corrected chi connectivity index (χ4v) is 3.21. The van der Waals surface area contributed by atoms with E-state index in [0.717, 1.165) is 48.1 Å². The number of aromatic nitrogens is 4. The van der Waals surface area contributed by atoms with Crippen molar-refractivity contribution in [1.82, 2.24) is 19.7 Å². The van der Waals surface area contributed by atoms with Gasteiger partial charge in [0.15, 0.2) is 5.65 Å². The van der Waals surface area contributed by atoms with E-state index < -0.39 is 0 Å². The molecule has 2 heterocycles. The molecule has 0 aromatic carbocycles. The van der Waals surface area contributed by atoms with Crippen molar-refractivity contribution >= 4 is 16.9 Å². The Balaban J connectivity index is 1.84. The molecule has 0 unspecified atom stereocenters. The zero-order valence-corrected chi connectivity index (χ0v) is 13.9. The SMILES string of the molecule is CCOCC1(CNc2nc(C)nc3c2c(C)nn3C)CCC1. The first-order valence-corrected chi connectivity index (χ1v) is 8.04. The van der Waals surface area contributed by atoms with Gasteiger partial charge in [0, 0.05) is 25.6 Å². The van der Waals surface area contributed by atoms with E-state index >= 15 is 0 Å². The predicted octanol–water partition coefficient (Wildman–Crippen LogP) is 2.60. The summed E-state index contributed by atoms with van der Waals surface area (Å²) in [6.07, 6.45) is 3.73. The van der Waals surface area contributed by atoms with Crippen molar-refractivity contribution in [3.05, 3.63) is 11.5 Å². The quantitative estimate of drug-likeness (QED) is 0.888. The van der Waals surface area contributed by atoms with Gasteiger partial charge in [-0.2, -0.15) is 5.10 Å². The maximum absolute atomic E-state index is 5.68. The van der Waals surface area contributed by atoms with Gasteiger partial charge in [0.25, 0.3) is 0 Å². The molecule has 1 saturated carbocycles. The molecule has 6 nitrogen and oxygen atoms in total. The summed E-state index contributed by atoms with van der Waals surface area (Å²) in [6, 6.07) is 0. The summed E-state index contributed by atoms with van der Waals surface area (Å²) >= 11 is 0. The van der Waals surface area contributed by atoms with E-state index in [4.69, 9.17) is 4.74 Å². The first-order valence-electron chi connectivity index (χ1n) is 8.04. The first kappa shape index (κ1) is 15.2. The summed E-state index contributed by atoms with van der Waals surface area (Å²) in [6.45, 7) is 8.48. The molecule has 1 N–H and O–H groups in total. The number of anilines is 1. The molecule has 0 amide bonds. The topological polar surface area (TPSA) is 64.9 Å². The van der Waals surface area contributed by atoms with Crippen LogP contribution in [0.15, 0.2) is 0 Å². The number of fused-ring (bicyclic) bond motifs is 1. The number of rotatable bonds is 6. The molecule has 0 atom stereocenters. The van der Waals surface area contributed by atoms with Crippen LogP contribution in [0.25, 0.3) is 11.0 Å². The Hall–Kier alpha value is -1.69. The molecule has 0 radical (unpaired) electrons. The van der Waals surface area contributed by atoms with E-state index in [2.05, 4.69) is 27.3 Å². The molecule has 22 heavy (non-hydrogen) atoms. The van der Waals surface area contributed by atoms with Crippen molar-refractivity contribution < 1.29 is 4.74 Å². The monoisotopic (exact) mass is 303 g/mol. The standard InChI is InChI=1S/C16H25N5O/c1-5-22-10-16(7-6-8-16)9-17-14-13-11(2)20-21(4)15(13)19-12(3)18-14/h5-10H2,1-4H3,(H,17,18,19). The number of hydrogen-bond acceptors (Lipinski definition) is 5. The molecule has 6 heteroatoms. The number of hydrogen-bond donors (Lipinski definition) is 1. The lowest BCUT2D eigenvalue weighted by Gasteiger charge is -2.41. The molecule has 1 aliphatic rings. The summed E-state index contributed by atoms with van der Waals surface area (Å²) < 4.78 is 7.50. The van der Waals surface area contributed by atoms with Gasteiger partial charge in [0.1, 0.15) is 11.6 Å². The van der Waals surface area contributed by atoms with Crippen molar-refractivity contribution in [3.8, 4) is 0 Å². The molecular formula is C16H25N5O. The van der Waals surface area contributed by atoms with E-state index in [1.807, 2.05) is 25.6 Å². The zero-order valence-electron chi connectivity index (χ0n) is 13.9. The largest absolute Gasteiger partial charge is 0.381 e. The van der Waals surface area contributed by atoms with Gasteiger partial charge >= 0.3 is 0 Å². The minimum Gasteiger partial charge on any atom is -0.381 e. The van der Waals surface area contributed by atoms with Crippen molar-refractivity contribution in [2.24, 2.45) is 12.5 Å². The van der Waals surface area contributed by atoms with E-state index in [0.29, 0.717) is 0 Å². The second-order valence-corrected chi connectivity index (χ2v) is 6.37. The number of ether oxygens (including phenoxy) is 1. The highest BCUT2D eigenvalue weighted by molar-refractivity contribution is 5.89. The van der Waals surface area contributed by atoms with Crippen LogP contribution in [-0.2, 0) is 11.8 Å². The van der Waals surface area contributed by atoms with Gasteiger partial charge in [0.2, 0.25) is 0 Å². The Labute approximate surface area is 131 Å². The fraction of sp³-hybridized carbons (Fsp3) is 0.688. The molecule has 3 rings (SSSR count). The third-order valence-corrected chi connectivity index (χ3v) is 4.63. The van der Waals surface area contributed by atoms with Crippen LogP contribution in [0.2, 0.25) is 0 Å². The van der Waals surface area contributed by atoms with Crippen molar-refractivity contribution in [2.45, 2.75) is 40.0 Å². The summed E-state index contributed by atoms with van der Waals surface area (Å²) in [4.78, 5) is 9.11. The zero-order chi connectivity index (χ0) is 15.7. The maximum Gasteiger partial charge on any atom is 0.163 e. The Morgan fingerprint density at radius 3 is 2.68 bits per heavy atom. The average molecular weight is 303 g/mol. The first-order chi connectivity index (χ1) is 10.5. The van der Waals surface area contributed by atoms with Gasteiger partial charge in [-0.3, -0.25) is 4.68 Å². The minimum absolute atomic E-state index is 0.261. The van der Waals surface area contributed by atoms with Gasteiger partial charge < -0.3 is 10.1 Å². The van der Waals surface area contributed by atoms with E-state index in [1.54, 1.807) is 0 Å². The molecule has 120 valence electrons. The molecule has 0 bridgehead atoms. The molecule has 1 fully saturated rings. The van der Waals surface area contributed by atoms with Crippen molar-refractivity contribution in [2.75, 3.05) is 25.1 Å². The lowest BCUT2D eigenvalue weighted by molar-refractivity contribution is 0.00800. The predicted molar refractivity (Wildman–Crippen MR) is 87.0 cm³/mol. The third-order valence-electron chi connectivity index (χ3n) is 4.63. The van der Waals surface area contributed by atoms with Gasteiger partial charge in [0.05, 0.1) is 17.7 Å². The molecular weight excluding hydrogens is 278 g/mol. The average Bonchev–Trinajstić information content (AvgIpc) is 2.72. The smallest absolute Gasteiger partial charge is 0.163 e. The number of aryl methyl sites for hydroxylation is 3. The Morgan fingerprint density at radius 1 is 1.27 bits per heavy atom. The van der Waals surface area contributed by atoms with Crippen LogP contribution in [0, 0.1) is 19.3 Å². The summed E-state index contributed by atoms with van der Waals surface area (Å²) in [5, 5.41) is 9.05. The highest BCUT2D eigenvalue weighted by Gasteiger charge is 2.37. The van der Waals surface area contributed by atoms with Crippen molar-refractivity contribution in [1.29, 1.82) is 0 Å². The maximum atomic E-state index is 5.68. The molecule has 2 aromatic rings. The van der Waals surface area contributed by atoms with Crippen LogP contribution in [0.3, 0.4) is 0 Å². The second kappa shape index (κ2) is 5.83. The summed E-state index contributed by atoms with van der Waals surface area (Å²) in [5.74, 6) is 1.67. The summed E-state index contributed by atoms with van der Waals surface area (Å²) in [7, 11) is 1.92. The summed E-state index contributed by atoms with van der Waals surface area (Å²) in [5.41, 5.74) is 2.12. The molecule has 0 aliphatic heterocycles. The van der Waals surface area contributed by atoms with Crippen LogP contribution in [0.4, 0.5) is 5.82 Å². The number of nitrogens with one attached hydrogen (secondary N) is 1. The molecule has 1 aliphatic carbocycles. The Kier molecular flexibility index (Phi) is 4.04. The Bertz CT molecular complexity index is 675. The Morgan fingerprint density at radius 2 is 2.05 bits per heavy atom.